The summed E-state index contributed by atoms with van der Waals surface area (Å²) in [5.74, 6) is 1.50. The SMILES string of the molecule is COc1cc(CC(=O)N2CC[C@H]3[C@H](CCC(=O)N3Cc3ccc(C(F)(F)F)cc3)C2)cc(OC)c1OC. The first-order chi connectivity index (χ1) is 17.6. The second-order valence-corrected chi connectivity index (χ2v) is 9.42. The Morgan fingerprint density at radius 1 is 0.973 bits per heavy atom. The first kappa shape index (κ1) is 26.6. The maximum absolute atomic E-state index is 13.2. The normalized spacial score (nSPS) is 19.9. The number of methoxy groups -OCH3 is 3. The number of carbonyl (C=O) groups is 2. The zero-order valence-electron chi connectivity index (χ0n) is 21.1. The maximum Gasteiger partial charge on any atom is 0.416 e. The molecule has 0 bridgehead atoms. The lowest BCUT2D eigenvalue weighted by Crippen LogP contribution is -2.56. The molecule has 2 atom stereocenters. The van der Waals surface area contributed by atoms with Gasteiger partial charge in [-0.05, 0) is 54.2 Å². The van der Waals surface area contributed by atoms with Crippen LogP contribution in [0.2, 0.25) is 0 Å². The average molecular weight is 521 g/mol. The molecule has 2 aromatic carbocycles. The van der Waals surface area contributed by atoms with Gasteiger partial charge in [0.15, 0.2) is 11.5 Å². The lowest BCUT2D eigenvalue weighted by atomic mass is 9.83. The second kappa shape index (κ2) is 10.9. The molecule has 0 spiro atoms. The Bertz CT molecular complexity index is 1110. The summed E-state index contributed by atoms with van der Waals surface area (Å²) in [5.41, 5.74) is 0.685. The summed E-state index contributed by atoms with van der Waals surface area (Å²) in [7, 11) is 4.56. The molecular weight excluding hydrogens is 489 g/mol. The van der Waals surface area contributed by atoms with E-state index < -0.39 is 11.7 Å². The third-order valence-corrected chi connectivity index (χ3v) is 7.21. The van der Waals surface area contributed by atoms with Gasteiger partial charge in [-0.3, -0.25) is 9.59 Å². The highest BCUT2D eigenvalue weighted by molar-refractivity contribution is 5.80. The van der Waals surface area contributed by atoms with Gasteiger partial charge in [-0.25, -0.2) is 0 Å². The van der Waals surface area contributed by atoms with Crippen LogP contribution in [0.1, 0.15) is 36.0 Å². The molecule has 200 valence electrons. The molecule has 10 heteroatoms. The van der Waals surface area contributed by atoms with Gasteiger partial charge in [-0.2, -0.15) is 13.2 Å². The Morgan fingerprint density at radius 2 is 1.62 bits per heavy atom. The molecule has 0 saturated carbocycles. The largest absolute Gasteiger partial charge is 0.493 e. The first-order valence-electron chi connectivity index (χ1n) is 12.2. The molecule has 2 amide bonds. The van der Waals surface area contributed by atoms with Crippen LogP contribution in [0.15, 0.2) is 36.4 Å². The molecular formula is C27H31F3N2O5. The van der Waals surface area contributed by atoms with Crippen LogP contribution < -0.4 is 14.2 Å². The number of nitrogens with zero attached hydrogens (tertiary/aromatic N) is 2. The van der Waals surface area contributed by atoms with E-state index in [1.807, 2.05) is 4.90 Å². The number of benzene rings is 2. The highest BCUT2D eigenvalue weighted by atomic mass is 19.4. The zero-order valence-corrected chi connectivity index (χ0v) is 21.1. The minimum Gasteiger partial charge on any atom is -0.493 e. The number of hydrogen-bond donors (Lipinski definition) is 0. The van der Waals surface area contributed by atoms with Crippen molar-refractivity contribution >= 4 is 11.8 Å². The second-order valence-electron chi connectivity index (χ2n) is 9.42. The molecule has 37 heavy (non-hydrogen) atoms. The molecule has 0 radical (unpaired) electrons. The van der Waals surface area contributed by atoms with Crippen LogP contribution in [0.3, 0.4) is 0 Å². The molecule has 0 unspecified atom stereocenters. The van der Waals surface area contributed by atoms with Crippen molar-refractivity contribution in [2.24, 2.45) is 5.92 Å². The van der Waals surface area contributed by atoms with Crippen LogP contribution in [0.25, 0.3) is 0 Å². The van der Waals surface area contributed by atoms with Crippen molar-refractivity contribution in [1.29, 1.82) is 0 Å². The number of fused-ring (bicyclic) bond motifs is 1. The van der Waals surface area contributed by atoms with Crippen LogP contribution in [-0.2, 0) is 28.7 Å². The van der Waals surface area contributed by atoms with Crippen molar-refractivity contribution in [3.05, 3.63) is 53.1 Å². The maximum atomic E-state index is 13.2. The fourth-order valence-corrected chi connectivity index (χ4v) is 5.30. The molecule has 0 aromatic heterocycles. The van der Waals surface area contributed by atoms with E-state index in [1.54, 1.807) is 17.0 Å². The number of hydrogen-bond acceptors (Lipinski definition) is 5. The Morgan fingerprint density at radius 3 is 2.19 bits per heavy atom. The smallest absolute Gasteiger partial charge is 0.416 e. The molecule has 2 aromatic rings. The van der Waals surface area contributed by atoms with E-state index in [0.717, 1.165) is 17.7 Å². The summed E-state index contributed by atoms with van der Waals surface area (Å²) in [5, 5.41) is 0. The fourth-order valence-electron chi connectivity index (χ4n) is 5.30. The zero-order chi connectivity index (χ0) is 26.7. The van der Waals surface area contributed by atoms with Crippen LogP contribution in [0, 0.1) is 5.92 Å². The van der Waals surface area contributed by atoms with E-state index in [0.29, 0.717) is 55.2 Å². The van der Waals surface area contributed by atoms with Gasteiger partial charge in [-0.15, -0.1) is 0 Å². The molecule has 2 aliphatic heterocycles. The summed E-state index contributed by atoms with van der Waals surface area (Å²) in [6.45, 7) is 1.30. The number of ether oxygens (including phenoxy) is 3. The topological polar surface area (TPSA) is 68.3 Å². The quantitative estimate of drug-likeness (QED) is 0.544. The molecule has 0 aliphatic carbocycles. The van der Waals surface area contributed by atoms with E-state index in [1.165, 1.54) is 33.5 Å². The molecule has 2 aliphatic rings. The van der Waals surface area contributed by atoms with Gasteiger partial charge in [0.25, 0.3) is 0 Å². The molecule has 4 rings (SSSR count). The van der Waals surface area contributed by atoms with Gasteiger partial charge in [0.1, 0.15) is 0 Å². The first-order valence-corrected chi connectivity index (χ1v) is 12.2. The monoisotopic (exact) mass is 520 g/mol. The predicted octanol–water partition coefficient (Wildman–Crippen LogP) is 4.31. The standard InChI is InChI=1S/C27H31F3N2O5/c1-35-22-12-18(13-23(36-2)26(22)37-3)14-25(34)31-11-10-21-19(16-31)6-9-24(33)32(21)15-17-4-7-20(8-5-17)27(28,29)30/h4-5,7-8,12-13,19,21H,6,9-11,14-16H2,1-3H3/t19-,21+/m1/s1. The summed E-state index contributed by atoms with van der Waals surface area (Å²) >= 11 is 0. The Balaban J connectivity index is 1.42. The number of piperidine rings is 2. The molecule has 0 N–H and O–H groups in total. The number of amides is 2. The van der Waals surface area contributed by atoms with Crippen molar-refractivity contribution in [1.82, 2.24) is 9.80 Å². The minimum absolute atomic E-state index is 0.00153. The van der Waals surface area contributed by atoms with Gasteiger partial charge in [0.05, 0.1) is 33.3 Å². The predicted molar refractivity (Wildman–Crippen MR) is 130 cm³/mol. The van der Waals surface area contributed by atoms with Gasteiger partial charge in [-0.1, -0.05) is 12.1 Å². The summed E-state index contributed by atoms with van der Waals surface area (Å²) in [6.07, 6.45) is -2.57. The molecule has 2 heterocycles. The highest BCUT2D eigenvalue weighted by Gasteiger charge is 2.40. The van der Waals surface area contributed by atoms with Gasteiger partial charge >= 0.3 is 6.18 Å². The van der Waals surface area contributed by atoms with Crippen LogP contribution in [0.5, 0.6) is 17.2 Å². The van der Waals surface area contributed by atoms with Gasteiger partial charge in [0.2, 0.25) is 17.6 Å². The van der Waals surface area contributed by atoms with Crippen molar-refractivity contribution in [2.75, 3.05) is 34.4 Å². The third kappa shape index (κ3) is 5.78. The summed E-state index contributed by atoms with van der Waals surface area (Å²) in [4.78, 5) is 29.5. The van der Waals surface area contributed by atoms with E-state index in [-0.39, 0.29) is 36.7 Å². The number of halogens is 3. The number of alkyl halides is 3. The minimum atomic E-state index is -4.40. The lowest BCUT2D eigenvalue weighted by molar-refractivity contribution is -0.145. The van der Waals surface area contributed by atoms with E-state index in [9.17, 15) is 22.8 Å². The van der Waals surface area contributed by atoms with E-state index >= 15 is 0 Å². The fraction of sp³-hybridized carbons (Fsp3) is 0.481. The highest BCUT2D eigenvalue weighted by Crippen LogP contribution is 2.39. The van der Waals surface area contributed by atoms with Crippen LogP contribution >= 0.6 is 0 Å². The summed E-state index contributed by atoms with van der Waals surface area (Å²) in [6, 6.07) is 8.42. The number of carbonyl (C=O) groups excluding carboxylic acids is 2. The molecule has 2 fully saturated rings. The van der Waals surface area contributed by atoms with Crippen molar-refractivity contribution < 1.29 is 37.0 Å². The van der Waals surface area contributed by atoms with Crippen LogP contribution in [-0.4, -0.2) is 62.1 Å². The molecule has 2 saturated heterocycles. The van der Waals surface area contributed by atoms with Crippen molar-refractivity contribution in [3.63, 3.8) is 0 Å². The molecule has 7 nitrogen and oxygen atoms in total. The number of likely N-dealkylation sites (tertiary alicyclic amines) is 2. The van der Waals surface area contributed by atoms with Crippen molar-refractivity contribution in [2.45, 2.75) is 44.4 Å². The average Bonchev–Trinajstić information content (AvgIpc) is 2.89. The van der Waals surface area contributed by atoms with E-state index in [4.69, 9.17) is 14.2 Å². The van der Waals surface area contributed by atoms with Gasteiger partial charge < -0.3 is 24.0 Å². The lowest BCUT2D eigenvalue weighted by Gasteiger charge is -2.47. The van der Waals surface area contributed by atoms with Gasteiger partial charge in [0, 0.05) is 32.1 Å². The Kier molecular flexibility index (Phi) is 7.85. The number of rotatable bonds is 7. The Hall–Kier alpha value is -3.43. The summed E-state index contributed by atoms with van der Waals surface area (Å²) < 4.78 is 54.8. The Labute approximate surface area is 214 Å². The van der Waals surface area contributed by atoms with Crippen molar-refractivity contribution in [3.8, 4) is 17.2 Å². The van der Waals surface area contributed by atoms with Crippen LogP contribution in [0.4, 0.5) is 13.2 Å². The van der Waals surface area contributed by atoms with E-state index in [2.05, 4.69) is 0 Å². The third-order valence-electron chi connectivity index (χ3n) is 7.21.